The first-order valence-corrected chi connectivity index (χ1v) is 9.92. The Morgan fingerprint density at radius 2 is 1.43 bits per heavy atom. The Kier molecular flexibility index (Phi) is 10.4. The van der Waals surface area contributed by atoms with Crippen LogP contribution in [0.3, 0.4) is 0 Å². The highest BCUT2D eigenvalue weighted by Crippen LogP contribution is 2.35. The van der Waals surface area contributed by atoms with Gasteiger partial charge in [-0.25, -0.2) is 0 Å². The first kappa shape index (κ1) is 19.0. The molecule has 0 saturated heterocycles. The van der Waals surface area contributed by atoms with Crippen LogP contribution < -0.4 is 5.32 Å². The number of nitrogens with one attached hydrogen (secondary N) is 1. The summed E-state index contributed by atoms with van der Waals surface area (Å²) in [6.07, 6.45) is 15.7. The van der Waals surface area contributed by atoms with Crippen molar-refractivity contribution in [3.63, 3.8) is 0 Å². The fourth-order valence-electron chi connectivity index (χ4n) is 4.02. The highest BCUT2D eigenvalue weighted by Gasteiger charge is 2.28. The zero-order chi connectivity index (χ0) is 15.5. The zero-order valence-electron chi connectivity index (χ0n) is 15.3. The molecular weight excluding hydrogens is 254 g/mol. The third kappa shape index (κ3) is 7.68. The molecule has 0 aromatic carbocycles. The van der Waals surface area contributed by atoms with Gasteiger partial charge in [0.2, 0.25) is 0 Å². The van der Waals surface area contributed by atoms with E-state index in [1.165, 1.54) is 77.2 Å². The van der Waals surface area contributed by atoms with E-state index in [1.807, 2.05) is 0 Å². The van der Waals surface area contributed by atoms with Crippen LogP contribution >= 0.6 is 0 Å². The van der Waals surface area contributed by atoms with Crippen LogP contribution in [0.5, 0.6) is 0 Å². The first-order chi connectivity index (χ1) is 10.2. The highest BCUT2D eigenvalue weighted by molar-refractivity contribution is 4.83. The predicted molar refractivity (Wildman–Crippen MR) is 95.7 cm³/mol. The maximum Gasteiger partial charge on any atom is 0.00953 e. The van der Waals surface area contributed by atoms with Crippen LogP contribution in [0.15, 0.2) is 0 Å². The largest absolute Gasteiger partial charge is 0.314 e. The Morgan fingerprint density at radius 3 is 2.00 bits per heavy atom. The molecule has 1 unspecified atom stereocenters. The van der Waals surface area contributed by atoms with Gasteiger partial charge in [-0.05, 0) is 62.8 Å². The van der Waals surface area contributed by atoms with Crippen molar-refractivity contribution < 1.29 is 0 Å². The topological polar surface area (TPSA) is 12.0 Å². The Bertz CT molecular complexity index is 228. The first-order valence-electron chi connectivity index (χ1n) is 9.92. The number of rotatable bonds is 11. The second kappa shape index (κ2) is 11.5. The lowest BCUT2D eigenvalue weighted by Gasteiger charge is -2.36. The van der Waals surface area contributed by atoms with Crippen LogP contribution in [0.4, 0.5) is 0 Å². The summed E-state index contributed by atoms with van der Waals surface area (Å²) < 4.78 is 0. The van der Waals surface area contributed by atoms with E-state index in [0.717, 1.165) is 23.8 Å². The molecule has 0 spiro atoms. The van der Waals surface area contributed by atoms with Crippen LogP contribution in [-0.2, 0) is 0 Å². The highest BCUT2D eigenvalue weighted by atomic mass is 14.9. The van der Waals surface area contributed by atoms with Crippen molar-refractivity contribution in [2.75, 3.05) is 6.54 Å². The molecule has 0 aromatic heterocycles. The van der Waals surface area contributed by atoms with Gasteiger partial charge in [0.05, 0.1) is 0 Å². The van der Waals surface area contributed by atoms with Gasteiger partial charge in [-0.2, -0.15) is 0 Å². The van der Waals surface area contributed by atoms with Gasteiger partial charge in [0.15, 0.2) is 0 Å². The lowest BCUT2D eigenvalue weighted by atomic mass is 9.74. The third-order valence-corrected chi connectivity index (χ3v) is 5.60. The molecule has 1 heteroatoms. The van der Waals surface area contributed by atoms with Crippen molar-refractivity contribution in [3.8, 4) is 0 Å². The fourth-order valence-corrected chi connectivity index (χ4v) is 4.02. The number of unbranched alkanes of at least 4 members (excludes halogenated alkanes) is 4. The monoisotopic (exact) mass is 295 g/mol. The molecule has 1 fully saturated rings. The van der Waals surface area contributed by atoms with Gasteiger partial charge in [0, 0.05) is 6.04 Å². The van der Waals surface area contributed by atoms with E-state index in [4.69, 9.17) is 0 Å². The lowest BCUT2D eigenvalue weighted by molar-refractivity contribution is 0.182. The van der Waals surface area contributed by atoms with E-state index < -0.39 is 0 Å². The second-order valence-electron chi connectivity index (χ2n) is 7.68. The summed E-state index contributed by atoms with van der Waals surface area (Å²) in [5, 5.41) is 3.87. The minimum atomic E-state index is 0.805. The van der Waals surface area contributed by atoms with Crippen LogP contribution in [-0.4, -0.2) is 12.6 Å². The molecule has 1 rings (SSSR count). The SMILES string of the molecule is CCCCCCCC(NCCC)C1CCC(C(C)C)CC1. The van der Waals surface area contributed by atoms with E-state index in [1.54, 1.807) is 0 Å². The standard InChI is InChI=1S/C20H41N/c1-5-7-8-9-10-11-20(21-16-6-2)19-14-12-18(13-15-19)17(3)4/h17-21H,5-16H2,1-4H3. The van der Waals surface area contributed by atoms with E-state index in [-0.39, 0.29) is 0 Å². The van der Waals surface area contributed by atoms with E-state index in [0.29, 0.717) is 0 Å². The predicted octanol–water partition coefficient (Wildman–Crippen LogP) is 6.18. The summed E-state index contributed by atoms with van der Waals surface area (Å²) in [5.41, 5.74) is 0. The summed E-state index contributed by atoms with van der Waals surface area (Å²) in [6.45, 7) is 10.6. The van der Waals surface area contributed by atoms with Gasteiger partial charge in [-0.1, -0.05) is 59.8 Å². The summed E-state index contributed by atoms with van der Waals surface area (Å²) in [4.78, 5) is 0. The Morgan fingerprint density at radius 1 is 0.810 bits per heavy atom. The maximum atomic E-state index is 3.87. The van der Waals surface area contributed by atoms with Crippen LogP contribution in [0, 0.1) is 17.8 Å². The van der Waals surface area contributed by atoms with Gasteiger partial charge >= 0.3 is 0 Å². The van der Waals surface area contributed by atoms with Crippen LogP contribution in [0.1, 0.15) is 98.3 Å². The molecule has 0 heterocycles. The molecule has 0 bridgehead atoms. The van der Waals surface area contributed by atoms with Crippen molar-refractivity contribution in [2.24, 2.45) is 17.8 Å². The summed E-state index contributed by atoms with van der Waals surface area (Å²) >= 11 is 0. The molecule has 1 aliphatic rings. The molecule has 1 saturated carbocycles. The molecule has 1 N–H and O–H groups in total. The van der Waals surface area contributed by atoms with E-state index >= 15 is 0 Å². The number of hydrogen-bond acceptors (Lipinski definition) is 1. The van der Waals surface area contributed by atoms with Crippen LogP contribution in [0.2, 0.25) is 0 Å². The minimum Gasteiger partial charge on any atom is -0.314 e. The lowest BCUT2D eigenvalue weighted by Crippen LogP contribution is -2.39. The van der Waals surface area contributed by atoms with Crippen molar-refractivity contribution >= 4 is 0 Å². The Hall–Kier alpha value is -0.0400. The van der Waals surface area contributed by atoms with Crippen molar-refractivity contribution in [1.29, 1.82) is 0 Å². The van der Waals surface area contributed by atoms with Crippen molar-refractivity contribution in [3.05, 3.63) is 0 Å². The zero-order valence-corrected chi connectivity index (χ0v) is 15.3. The van der Waals surface area contributed by atoms with Gasteiger partial charge in [-0.15, -0.1) is 0 Å². The average molecular weight is 296 g/mol. The molecule has 0 aliphatic heterocycles. The van der Waals surface area contributed by atoms with Gasteiger partial charge in [0.25, 0.3) is 0 Å². The van der Waals surface area contributed by atoms with Crippen molar-refractivity contribution in [2.45, 2.75) is 104 Å². The van der Waals surface area contributed by atoms with Crippen molar-refractivity contribution in [1.82, 2.24) is 5.32 Å². The van der Waals surface area contributed by atoms with Crippen LogP contribution in [0.25, 0.3) is 0 Å². The molecule has 0 amide bonds. The van der Waals surface area contributed by atoms with E-state index in [2.05, 4.69) is 33.0 Å². The molecule has 0 aromatic rings. The number of hydrogen-bond donors (Lipinski definition) is 1. The molecule has 126 valence electrons. The third-order valence-electron chi connectivity index (χ3n) is 5.60. The Balaban J connectivity index is 2.31. The molecule has 0 radical (unpaired) electrons. The summed E-state index contributed by atoms with van der Waals surface area (Å²) in [6, 6.07) is 0.805. The van der Waals surface area contributed by atoms with Gasteiger partial charge in [0.1, 0.15) is 0 Å². The second-order valence-corrected chi connectivity index (χ2v) is 7.68. The quantitative estimate of drug-likeness (QED) is 0.449. The molecule has 21 heavy (non-hydrogen) atoms. The molecule has 1 aliphatic carbocycles. The Labute approximate surface area is 134 Å². The van der Waals surface area contributed by atoms with E-state index in [9.17, 15) is 0 Å². The summed E-state index contributed by atoms with van der Waals surface area (Å²) in [7, 11) is 0. The molecule has 1 nitrogen and oxygen atoms in total. The molecule has 1 atom stereocenters. The normalized spacial score (nSPS) is 24.4. The maximum absolute atomic E-state index is 3.87. The summed E-state index contributed by atoms with van der Waals surface area (Å²) in [5.74, 6) is 2.84. The fraction of sp³-hybridized carbons (Fsp3) is 1.00. The average Bonchev–Trinajstić information content (AvgIpc) is 2.50. The smallest absolute Gasteiger partial charge is 0.00953 e. The van der Waals surface area contributed by atoms with Gasteiger partial charge in [-0.3, -0.25) is 0 Å². The van der Waals surface area contributed by atoms with Gasteiger partial charge < -0.3 is 5.32 Å². The molecular formula is C20H41N. The minimum absolute atomic E-state index is 0.805.